The van der Waals surface area contributed by atoms with Crippen LogP contribution in [-0.2, 0) is 35.6 Å². The van der Waals surface area contributed by atoms with Gasteiger partial charge in [0.2, 0.25) is 11.8 Å². The minimum atomic E-state index is -0.615. The molecular weight excluding hydrogens is 522 g/mol. The van der Waals surface area contributed by atoms with Crippen molar-refractivity contribution >= 4 is 23.6 Å². The molecule has 0 aliphatic carbocycles. The lowest BCUT2D eigenvalue weighted by Gasteiger charge is -2.20. The van der Waals surface area contributed by atoms with Crippen molar-refractivity contribution in [3.63, 3.8) is 0 Å². The quantitative estimate of drug-likeness (QED) is 0.347. The largest absolute Gasteiger partial charge is 0.481 e. The fraction of sp³-hybridized carbons (Fsp3) is 0.357. The number of nitrogens with zero attached hydrogens (tertiary/aromatic N) is 2. The van der Waals surface area contributed by atoms with E-state index >= 15 is 0 Å². The van der Waals surface area contributed by atoms with Gasteiger partial charge in [0.05, 0.1) is 20.1 Å². The van der Waals surface area contributed by atoms with Gasteiger partial charge in [-0.3, -0.25) is 9.59 Å². The van der Waals surface area contributed by atoms with Crippen molar-refractivity contribution in [3.8, 4) is 5.88 Å². The fourth-order valence-electron chi connectivity index (χ4n) is 3.75. The molecule has 0 radical (unpaired) electrons. The molecule has 0 spiro atoms. The first-order valence-corrected chi connectivity index (χ1v) is 12.8. The van der Waals surface area contributed by atoms with Crippen LogP contribution in [0.1, 0.15) is 48.6 Å². The smallest absolute Gasteiger partial charge is 0.407 e. The minimum Gasteiger partial charge on any atom is -0.481 e. The molecular formula is C28H34ClN5O5. The van der Waals surface area contributed by atoms with Crippen LogP contribution in [0.25, 0.3) is 0 Å². The first-order chi connectivity index (χ1) is 18.5. The Morgan fingerprint density at radius 2 is 1.77 bits per heavy atom. The van der Waals surface area contributed by atoms with Crippen LogP contribution in [0.4, 0.5) is 4.79 Å². The summed E-state index contributed by atoms with van der Waals surface area (Å²) in [5, 5.41) is 6.07. The third-order valence-corrected chi connectivity index (χ3v) is 5.95. The Morgan fingerprint density at radius 3 is 2.49 bits per heavy atom. The molecule has 0 unspecified atom stereocenters. The highest BCUT2D eigenvalue weighted by Crippen LogP contribution is 2.17. The van der Waals surface area contributed by atoms with Gasteiger partial charge in [-0.2, -0.15) is 0 Å². The number of aromatic nitrogens is 2. The lowest BCUT2D eigenvalue weighted by atomic mass is 10.1. The maximum Gasteiger partial charge on any atom is 0.407 e. The highest BCUT2D eigenvalue weighted by Gasteiger charge is 2.17. The minimum absolute atomic E-state index is 0.102. The van der Waals surface area contributed by atoms with Crippen LogP contribution in [0.2, 0.25) is 5.02 Å². The zero-order valence-electron chi connectivity index (χ0n) is 22.8. The van der Waals surface area contributed by atoms with E-state index in [2.05, 4.69) is 21.0 Å². The van der Waals surface area contributed by atoms with Gasteiger partial charge < -0.3 is 25.5 Å². The van der Waals surface area contributed by atoms with Crippen LogP contribution >= 0.6 is 11.6 Å². The highest BCUT2D eigenvalue weighted by molar-refractivity contribution is 6.30. The monoisotopic (exact) mass is 555 g/mol. The first kappa shape index (κ1) is 29.5. The van der Waals surface area contributed by atoms with Gasteiger partial charge in [0.25, 0.3) is 5.56 Å². The van der Waals surface area contributed by atoms with Crippen LogP contribution in [0.5, 0.6) is 5.88 Å². The summed E-state index contributed by atoms with van der Waals surface area (Å²) < 4.78 is 11.9. The molecule has 0 aliphatic rings. The van der Waals surface area contributed by atoms with Crippen LogP contribution in [0.3, 0.4) is 0 Å². The van der Waals surface area contributed by atoms with E-state index in [1.165, 1.54) is 11.8 Å². The van der Waals surface area contributed by atoms with E-state index < -0.39 is 11.7 Å². The molecule has 3 rings (SSSR count). The molecule has 10 nitrogen and oxygen atoms in total. The topological polar surface area (TPSA) is 124 Å². The average molecular weight is 556 g/mol. The number of halogens is 1. The van der Waals surface area contributed by atoms with Crippen molar-refractivity contribution in [2.24, 2.45) is 0 Å². The van der Waals surface area contributed by atoms with Crippen LogP contribution in [-0.4, -0.2) is 34.4 Å². The van der Waals surface area contributed by atoms with E-state index in [9.17, 15) is 14.4 Å². The third kappa shape index (κ3) is 8.75. The zero-order chi connectivity index (χ0) is 28.6. The Kier molecular flexibility index (Phi) is 9.95. The second-order valence-corrected chi connectivity index (χ2v) is 10.3. The molecule has 2 aromatic heterocycles. The molecule has 3 aromatic rings. The summed E-state index contributed by atoms with van der Waals surface area (Å²) in [6.07, 6.45) is 2.60. The third-order valence-electron chi connectivity index (χ3n) is 5.71. The van der Waals surface area contributed by atoms with Crippen molar-refractivity contribution in [3.05, 3.63) is 92.0 Å². The lowest BCUT2D eigenvalue weighted by Crippen LogP contribution is -2.34. The number of benzene rings is 1. The van der Waals surface area contributed by atoms with Crippen molar-refractivity contribution in [1.29, 1.82) is 0 Å². The molecule has 11 heteroatoms. The van der Waals surface area contributed by atoms with Gasteiger partial charge in [0.15, 0.2) is 0 Å². The van der Waals surface area contributed by atoms with Crippen LogP contribution in [0, 0.1) is 6.92 Å². The number of hydrogen-bond acceptors (Lipinski definition) is 7. The summed E-state index contributed by atoms with van der Waals surface area (Å²) in [4.78, 5) is 42.2. The number of hydrogen-bond donors (Lipinski definition) is 3. The zero-order valence-corrected chi connectivity index (χ0v) is 23.5. The molecule has 1 aromatic carbocycles. The molecule has 0 bridgehead atoms. The summed E-state index contributed by atoms with van der Waals surface area (Å²) in [6.45, 7) is 7.82. The molecule has 208 valence electrons. The Labute approximate surface area is 232 Å². The molecule has 0 saturated heterocycles. The Bertz CT molecular complexity index is 1380. The predicted molar refractivity (Wildman–Crippen MR) is 149 cm³/mol. The second kappa shape index (κ2) is 13.1. The number of amides is 2. The maximum absolute atomic E-state index is 13.1. The Morgan fingerprint density at radius 1 is 1.03 bits per heavy atom. The molecule has 0 saturated carbocycles. The molecule has 39 heavy (non-hydrogen) atoms. The number of ether oxygens (including phenoxy) is 2. The van der Waals surface area contributed by atoms with E-state index in [-0.39, 0.29) is 31.0 Å². The molecule has 3 N–H and O–H groups in total. The van der Waals surface area contributed by atoms with Crippen molar-refractivity contribution in [2.75, 3.05) is 12.5 Å². The number of alkyl carbamates (subject to hydrolysis) is 1. The van der Waals surface area contributed by atoms with E-state index in [0.29, 0.717) is 28.6 Å². The fourth-order valence-corrected chi connectivity index (χ4v) is 3.95. The van der Waals surface area contributed by atoms with Gasteiger partial charge in [-0.05, 0) is 68.7 Å². The average Bonchev–Trinajstić information content (AvgIpc) is 2.88. The number of methoxy groups -OCH3 is 1. The molecule has 2 heterocycles. The molecule has 2 amide bonds. The Balaban J connectivity index is 1.65. The van der Waals surface area contributed by atoms with E-state index in [1.807, 2.05) is 6.07 Å². The molecule has 0 atom stereocenters. The number of carbonyl (C=O) groups is 2. The summed E-state index contributed by atoms with van der Waals surface area (Å²) >= 11 is 6.18. The number of pyridine rings is 2. The van der Waals surface area contributed by atoms with Gasteiger partial charge >= 0.3 is 6.09 Å². The van der Waals surface area contributed by atoms with Gasteiger partial charge in [-0.25, -0.2) is 14.5 Å². The van der Waals surface area contributed by atoms with E-state index in [0.717, 1.165) is 16.7 Å². The summed E-state index contributed by atoms with van der Waals surface area (Å²) in [5.41, 5.74) is 5.49. The Hall–Kier alpha value is -4.05. The molecule has 0 fully saturated rings. The van der Waals surface area contributed by atoms with Gasteiger partial charge in [-0.1, -0.05) is 23.7 Å². The van der Waals surface area contributed by atoms with E-state index in [4.69, 9.17) is 21.1 Å². The first-order valence-electron chi connectivity index (χ1n) is 12.4. The van der Waals surface area contributed by atoms with Gasteiger partial charge in [0, 0.05) is 41.6 Å². The maximum atomic E-state index is 13.1. The summed E-state index contributed by atoms with van der Waals surface area (Å²) in [5.74, 6) is 0.138. The van der Waals surface area contributed by atoms with Gasteiger partial charge in [-0.15, -0.1) is 0 Å². The highest BCUT2D eigenvalue weighted by atomic mass is 35.5. The SMILES string of the molecule is COc1ncccc1CNn1ccc(C)c(CC(=O)NCc2cc(Cl)ccc2CNC(=O)OC(C)(C)C)c1=O. The normalized spacial score (nSPS) is 11.0. The predicted octanol–water partition coefficient (Wildman–Crippen LogP) is 3.84. The number of nitrogens with one attached hydrogen (secondary N) is 3. The lowest BCUT2D eigenvalue weighted by molar-refractivity contribution is -0.120. The standard InChI is InChI=1S/C28H34ClN5O5/c1-18-10-12-34(33-17-20-7-6-11-30-25(20)38-5)26(36)23(18)14-24(35)31-16-21-13-22(29)9-8-19(21)15-32-27(37)39-28(2,3)4/h6-13,33H,14-17H2,1-5H3,(H,31,35)(H,32,37). The molecule has 0 aliphatic heterocycles. The number of aryl methyl sites for hydroxylation is 1. The summed E-state index contributed by atoms with van der Waals surface area (Å²) in [6, 6.07) is 10.6. The number of carbonyl (C=O) groups excluding carboxylic acids is 2. The van der Waals surface area contributed by atoms with E-state index in [1.54, 1.807) is 70.4 Å². The van der Waals surface area contributed by atoms with Crippen LogP contribution < -0.4 is 26.4 Å². The van der Waals surface area contributed by atoms with Crippen LogP contribution in [0.15, 0.2) is 53.6 Å². The van der Waals surface area contributed by atoms with Crippen molar-refractivity contribution in [1.82, 2.24) is 20.3 Å². The second-order valence-electron chi connectivity index (χ2n) is 9.88. The van der Waals surface area contributed by atoms with Gasteiger partial charge in [0.1, 0.15) is 5.60 Å². The number of rotatable bonds is 10. The van der Waals surface area contributed by atoms with Crippen molar-refractivity contribution in [2.45, 2.75) is 59.4 Å². The van der Waals surface area contributed by atoms with Crippen molar-refractivity contribution < 1.29 is 19.1 Å². The summed E-state index contributed by atoms with van der Waals surface area (Å²) in [7, 11) is 1.53.